The zero-order valence-electron chi connectivity index (χ0n) is 13.7. The minimum atomic E-state index is -0.913. The van der Waals surface area contributed by atoms with Crippen molar-refractivity contribution in [2.75, 3.05) is 32.7 Å². The van der Waals surface area contributed by atoms with Crippen LogP contribution in [0.1, 0.15) is 41.6 Å². The normalized spacial score (nSPS) is 24.8. The Morgan fingerprint density at radius 2 is 2.00 bits per heavy atom. The van der Waals surface area contributed by atoms with Crippen LogP contribution in [0, 0.1) is 17.1 Å². The lowest BCUT2D eigenvalue weighted by Crippen LogP contribution is -2.55. The lowest BCUT2D eigenvalue weighted by molar-refractivity contribution is -0.0431. The Labute approximate surface area is 141 Å². The largest absolute Gasteiger partial charge is 0.387 e. The first-order valence-corrected chi connectivity index (χ1v) is 8.44. The van der Waals surface area contributed by atoms with Gasteiger partial charge in [-0.1, -0.05) is 0 Å². The van der Waals surface area contributed by atoms with Crippen molar-refractivity contribution in [1.29, 1.82) is 5.26 Å². The molecule has 1 aromatic carbocycles. The number of likely N-dealkylation sites (tertiary alicyclic amines) is 2. The fraction of sp³-hybridized carbons (Fsp3) is 0.556. The minimum Gasteiger partial charge on any atom is -0.387 e. The first-order chi connectivity index (χ1) is 11.5. The lowest BCUT2D eigenvalue weighted by Gasteiger charge is -2.41. The molecule has 2 fully saturated rings. The van der Waals surface area contributed by atoms with Gasteiger partial charge in [0, 0.05) is 18.7 Å². The van der Waals surface area contributed by atoms with E-state index in [1.165, 1.54) is 6.07 Å². The summed E-state index contributed by atoms with van der Waals surface area (Å²) in [6, 6.07) is 5.52. The Hall–Kier alpha value is -1.97. The maximum atomic E-state index is 13.6. The van der Waals surface area contributed by atoms with E-state index in [2.05, 4.69) is 4.90 Å². The molecule has 2 aliphatic rings. The fourth-order valence-corrected chi connectivity index (χ4v) is 3.73. The van der Waals surface area contributed by atoms with Gasteiger partial charge >= 0.3 is 0 Å². The Kier molecular flexibility index (Phi) is 4.83. The van der Waals surface area contributed by atoms with Gasteiger partial charge in [-0.2, -0.15) is 5.26 Å². The molecule has 24 heavy (non-hydrogen) atoms. The number of carbonyl (C=O) groups is 1. The molecule has 3 rings (SSSR count). The van der Waals surface area contributed by atoms with Gasteiger partial charge in [0.2, 0.25) is 0 Å². The smallest absolute Gasteiger partial charge is 0.254 e. The molecule has 128 valence electrons. The molecule has 2 saturated heterocycles. The zero-order chi connectivity index (χ0) is 17.2. The predicted molar refractivity (Wildman–Crippen MR) is 86.9 cm³/mol. The van der Waals surface area contributed by atoms with E-state index in [4.69, 9.17) is 5.26 Å². The summed E-state index contributed by atoms with van der Waals surface area (Å²) < 4.78 is 13.6. The molecule has 1 N–H and O–H groups in total. The van der Waals surface area contributed by atoms with E-state index in [1.807, 2.05) is 6.07 Å². The first-order valence-electron chi connectivity index (χ1n) is 8.44. The number of piperidine rings is 1. The summed E-state index contributed by atoms with van der Waals surface area (Å²) in [7, 11) is 0. The molecule has 0 aromatic heterocycles. The summed E-state index contributed by atoms with van der Waals surface area (Å²) in [4.78, 5) is 16.5. The average Bonchev–Trinajstić information content (AvgIpc) is 3.05. The summed E-state index contributed by atoms with van der Waals surface area (Å²) in [5.41, 5.74) is -0.622. The fourth-order valence-electron chi connectivity index (χ4n) is 3.73. The van der Waals surface area contributed by atoms with Gasteiger partial charge in [-0.15, -0.1) is 0 Å². The van der Waals surface area contributed by atoms with Crippen LogP contribution in [0.25, 0.3) is 0 Å². The van der Waals surface area contributed by atoms with Crippen molar-refractivity contribution in [2.24, 2.45) is 0 Å². The monoisotopic (exact) mass is 331 g/mol. The highest BCUT2D eigenvalue weighted by molar-refractivity contribution is 5.94. The van der Waals surface area contributed by atoms with Crippen molar-refractivity contribution in [3.05, 3.63) is 35.1 Å². The average molecular weight is 331 g/mol. The quantitative estimate of drug-likeness (QED) is 0.916. The van der Waals surface area contributed by atoms with Crippen LogP contribution in [0.4, 0.5) is 4.39 Å². The second kappa shape index (κ2) is 6.88. The molecular weight excluding hydrogens is 309 g/mol. The second-order valence-electron chi connectivity index (χ2n) is 6.88. The number of hydrogen-bond donors (Lipinski definition) is 1. The van der Waals surface area contributed by atoms with Crippen LogP contribution in [-0.2, 0) is 0 Å². The molecule has 0 spiro atoms. The maximum absolute atomic E-state index is 13.6. The number of benzene rings is 1. The van der Waals surface area contributed by atoms with Gasteiger partial charge in [-0.05, 0) is 57.0 Å². The van der Waals surface area contributed by atoms with E-state index in [9.17, 15) is 14.3 Å². The lowest BCUT2D eigenvalue weighted by atomic mass is 9.91. The summed E-state index contributed by atoms with van der Waals surface area (Å²) in [6.45, 7) is 3.35. The highest BCUT2D eigenvalue weighted by Crippen LogP contribution is 2.25. The van der Waals surface area contributed by atoms with E-state index >= 15 is 0 Å². The number of nitrogens with zero attached hydrogens (tertiary/aromatic N) is 3. The van der Waals surface area contributed by atoms with Crippen molar-refractivity contribution in [3.8, 4) is 6.07 Å². The molecule has 0 radical (unpaired) electrons. The number of aliphatic hydroxyl groups is 1. The molecule has 1 aromatic rings. The van der Waals surface area contributed by atoms with Gasteiger partial charge in [0.1, 0.15) is 5.82 Å². The molecule has 2 heterocycles. The van der Waals surface area contributed by atoms with Crippen LogP contribution < -0.4 is 0 Å². The SMILES string of the molecule is N#Cc1cc(F)cc(C(=O)N2CCCC(O)(CN3CCCC3)C2)c1. The number of halogens is 1. The van der Waals surface area contributed by atoms with E-state index < -0.39 is 11.4 Å². The molecule has 6 heteroatoms. The van der Waals surface area contributed by atoms with E-state index in [-0.39, 0.29) is 23.6 Å². The predicted octanol–water partition coefficient (Wildman–Crippen LogP) is 1.76. The Bertz CT molecular complexity index is 667. The summed E-state index contributed by atoms with van der Waals surface area (Å²) in [6.07, 6.45) is 3.69. The molecule has 2 aliphatic heterocycles. The molecule has 1 unspecified atom stereocenters. The van der Waals surface area contributed by atoms with Crippen LogP contribution in [0.15, 0.2) is 18.2 Å². The molecular formula is C18H22FN3O2. The molecule has 0 bridgehead atoms. The Balaban J connectivity index is 1.73. The topological polar surface area (TPSA) is 67.6 Å². The van der Waals surface area contributed by atoms with Gasteiger partial charge in [0.15, 0.2) is 0 Å². The number of β-amino-alcohol motifs (C(OH)–C–C–N with tert-alkyl or cyclic N) is 1. The number of amides is 1. The zero-order valence-corrected chi connectivity index (χ0v) is 13.7. The van der Waals surface area contributed by atoms with Crippen molar-refractivity contribution in [3.63, 3.8) is 0 Å². The molecule has 0 saturated carbocycles. The third-order valence-corrected chi connectivity index (χ3v) is 4.83. The number of hydrogen-bond acceptors (Lipinski definition) is 4. The van der Waals surface area contributed by atoms with Crippen LogP contribution in [0.2, 0.25) is 0 Å². The minimum absolute atomic E-state index is 0.127. The van der Waals surface area contributed by atoms with E-state index in [0.29, 0.717) is 19.5 Å². The van der Waals surface area contributed by atoms with Crippen LogP contribution in [0.3, 0.4) is 0 Å². The van der Waals surface area contributed by atoms with Crippen molar-refractivity contribution in [2.45, 2.75) is 31.3 Å². The van der Waals surface area contributed by atoms with Crippen LogP contribution in [-0.4, -0.2) is 59.1 Å². The second-order valence-corrected chi connectivity index (χ2v) is 6.88. The molecule has 1 atom stereocenters. The maximum Gasteiger partial charge on any atom is 0.254 e. The standard InChI is InChI=1S/C18H22FN3O2/c19-16-9-14(11-20)8-15(10-16)17(23)22-7-3-4-18(24,13-22)12-21-5-1-2-6-21/h8-10,24H,1-7,12-13H2. The molecule has 1 amide bonds. The van der Waals surface area contributed by atoms with E-state index in [0.717, 1.165) is 44.5 Å². The Morgan fingerprint density at radius 1 is 1.25 bits per heavy atom. The number of carbonyl (C=O) groups excluding carboxylic acids is 1. The molecule has 0 aliphatic carbocycles. The summed E-state index contributed by atoms with van der Waals surface area (Å²) in [5.74, 6) is -0.924. The van der Waals surface area contributed by atoms with Crippen LogP contribution >= 0.6 is 0 Å². The summed E-state index contributed by atoms with van der Waals surface area (Å²) in [5, 5.41) is 19.8. The van der Waals surface area contributed by atoms with Gasteiger partial charge in [0.05, 0.1) is 23.8 Å². The number of rotatable bonds is 3. The number of nitriles is 1. The third-order valence-electron chi connectivity index (χ3n) is 4.83. The Morgan fingerprint density at radius 3 is 2.71 bits per heavy atom. The van der Waals surface area contributed by atoms with Gasteiger partial charge in [-0.3, -0.25) is 4.79 Å². The first kappa shape index (κ1) is 16.9. The highest BCUT2D eigenvalue weighted by atomic mass is 19.1. The van der Waals surface area contributed by atoms with Crippen molar-refractivity contribution < 1.29 is 14.3 Å². The summed E-state index contributed by atoms with van der Waals surface area (Å²) >= 11 is 0. The highest BCUT2D eigenvalue weighted by Gasteiger charge is 2.37. The van der Waals surface area contributed by atoms with E-state index in [1.54, 1.807) is 4.90 Å². The van der Waals surface area contributed by atoms with Crippen LogP contribution in [0.5, 0.6) is 0 Å². The van der Waals surface area contributed by atoms with Crippen molar-refractivity contribution >= 4 is 5.91 Å². The van der Waals surface area contributed by atoms with Gasteiger partial charge < -0.3 is 14.9 Å². The van der Waals surface area contributed by atoms with Crippen molar-refractivity contribution in [1.82, 2.24) is 9.80 Å². The molecule has 5 nitrogen and oxygen atoms in total. The third kappa shape index (κ3) is 3.74. The van der Waals surface area contributed by atoms with Gasteiger partial charge in [0.25, 0.3) is 5.91 Å². The van der Waals surface area contributed by atoms with Gasteiger partial charge in [-0.25, -0.2) is 4.39 Å².